The van der Waals surface area contributed by atoms with Crippen LogP contribution in [-0.2, 0) is 15.8 Å². The lowest BCUT2D eigenvalue weighted by Crippen LogP contribution is -1.90. The highest BCUT2D eigenvalue weighted by Crippen LogP contribution is 2.28. The minimum Gasteiger partial charge on any atom is -0.384 e. The van der Waals surface area contributed by atoms with Crippen molar-refractivity contribution in [2.45, 2.75) is 11.3 Å². The molecule has 4 nitrogen and oxygen atoms in total. The van der Waals surface area contributed by atoms with E-state index in [4.69, 9.17) is 5.26 Å². The van der Waals surface area contributed by atoms with E-state index in [0.29, 0.717) is 0 Å². The summed E-state index contributed by atoms with van der Waals surface area (Å²) in [4.78, 5) is 0.891. The fourth-order valence-corrected chi connectivity index (χ4v) is 1.77. The first-order chi connectivity index (χ1) is 6.40. The Bertz CT molecular complexity index is 305. The first kappa shape index (κ1) is 8.83. The summed E-state index contributed by atoms with van der Waals surface area (Å²) in [5, 5.41) is 14.7. The van der Waals surface area contributed by atoms with Crippen LogP contribution >= 0.6 is 12.0 Å². The van der Waals surface area contributed by atoms with Crippen molar-refractivity contribution in [1.29, 1.82) is 0 Å². The molecule has 2 N–H and O–H groups in total. The van der Waals surface area contributed by atoms with Crippen molar-refractivity contribution >= 4 is 17.7 Å². The Balaban J connectivity index is 2.12. The molecule has 5 heteroatoms. The smallest absolute Gasteiger partial charge is 0.0715 e. The second kappa shape index (κ2) is 3.97. The van der Waals surface area contributed by atoms with Crippen LogP contribution in [0.4, 0.5) is 5.69 Å². The highest BCUT2D eigenvalue weighted by Gasteiger charge is 2.10. The second-order valence-electron chi connectivity index (χ2n) is 2.72. The normalized spacial score (nSPS) is 13.9. The zero-order valence-electron chi connectivity index (χ0n) is 6.82. The maximum Gasteiger partial charge on any atom is 0.0715 e. The molecule has 1 aliphatic heterocycles. The summed E-state index contributed by atoms with van der Waals surface area (Å²) < 4.78 is 4.32. The molecule has 0 atom stereocenters. The Labute approximate surface area is 79.9 Å². The van der Waals surface area contributed by atoms with Gasteiger partial charge in [0.15, 0.2) is 0 Å². The third-order valence-corrected chi connectivity index (χ3v) is 2.53. The molecule has 70 valence electrons. The molecule has 0 saturated carbocycles. The number of fused-ring (bicyclic) bond motifs is 1. The third kappa shape index (κ3) is 1.94. The van der Waals surface area contributed by atoms with Gasteiger partial charge >= 0.3 is 0 Å². The number of hydrogen-bond acceptors (Lipinski definition) is 5. The lowest BCUT2D eigenvalue weighted by molar-refractivity contribution is -0.432. The molecule has 0 amide bonds. The molecule has 0 fully saturated rings. The van der Waals surface area contributed by atoms with E-state index >= 15 is 0 Å². The minimum atomic E-state index is 0.891. The van der Waals surface area contributed by atoms with Crippen LogP contribution in [0.25, 0.3) is 0 Å². The summed E-state index contributed by atoms with van der Waals surface area (Å²) in [6.45, 7) is 0.987. The van der Waals surface area contributed by atoms with Crippen molar-refractivity contribution < 1.29 is 14.6 Å². The molecule has 0 unspecified atom stereocenters. The van der Waals surface area contributed by atoms with E-state index in [1.165, 1.54) is 5.56 Å². The molecule has 0 aromatic heterocycles. The van der Waals surface area contributed by atoms with Gasteiger partial charge in [0, 0.05) is 17.1 Å². The van der Waals surface area contributed by atoms with Crippen molar-refractivity contribution in [2.75, 3.05) is 11.9 Å². The molecule has 1 aromatic rings. The largest absolute Gasteiger partial charge is 0.384 e. The van der Waals surface area contributed by atoms with Crippen LogP contribution in [0.1, 0.15) is 5.56 Å². The molecule has 0 radical (unpaired) electrons. The lowest BCUT2D eigenvalue weighted by Gasteiger charge is -2.01. The highest BCUT2D eigenvalue weighted by molar-refractivity contribution is 7.94. The van der Waals surface area contributed by atoms with Crippen molar-refractivity contribution in [2.24, 2.45) is 0 Å². The zero-order chi connectivity index (χ0) is 9.10. The van der Waals surface area contributed by atoms with Crippen molar-refractivity contribution in [3.8, 4) is 0 Å². The predicted octanol–water partition coefficient (Wildman–Crippen LogP) is 2.08. The number of benzene rings is 1. The number of anilines is 1. The van der Waals surface area contributed by atoms with E-state index in [0.717, 1.165) is 35.6 Å². The van der Waals surface area contributed by atoms with Crippen LogP contribution in [0.5, 0.6) is 0 Å². The lowest BCUT2D eigenvalue weighted by atomic mass is 10.2. The molecule has 0 bridgehead atoms. The molecular weight excluding hydrogens is 190 g/mol. The average Bonchev–Trinajstić information content (AvgIpc) is 2.61. The van der Waals surface area contributed by atoms with Gasteiger partial charge in [0.2, 0.25) is 0 Å². The van der Waals surface area contributed by atoms with Crippen LogP contribution in [0.3, 0.4) is 0 Å². The third-order valence-electron chi connectivity index (χ3n) is 1.95. The standard InChI is InChI=1S/C8H9NO3S/c10-11-12-13-7-2-1-6-3-4-9-8(6)5-7/h1-2,5,9-10H,3-4H2. The number of rotatable bonds is 3. The van der Waals surface area contributed by atoms with Gasteiger partial charge in [0.05, 0.1) is 12.0 Å². The first-order valence-corrected chi connectivity index (χ1v) is 4.66. The fraction of sp³-hybridized carbons (Fsp3) is 0.250. The zero-order valence-corrected chi connectivity index (χ0v) is 7.63. The summed E-state index contributed by atoms with van der Waals surface area (Å²) >= 11 is 0.974. The van der Waals surface area contributed by atoms with Gasteiger partial charge in [-0.1, -0.05) is 11.1 Å². The van der Waals surface area contributed by atoms with Gasteiger partial charge in [-0.3, -0.25) is 0 Å². The van der Waals surface area contributed by atoms with Crippen LogP contribution in [0, 0.1) is 0 Å². The summed E-state index contributed by atoms with van der Waals surface area (Å²) in [6, 6.07) is 5.93. The van der Waals surface area contributed by atoms with Crippen LogP contribution in [0.15, 0.2) is 23.1 Å². The Kier molecular flexibility index (Phi) is 2.70. The minimum absolute atomic E-state index is 0.891. The fourth-order valence-electron chi connectivity index (χ4n) is 1.38. The maximum atomic E-state index is 7.96. The molecule has 0 saturated heterocycles. The maximum absolute atomic E-state index is 7.96. The van der Waals surface area contributed by atoms with Crippen molar-refractivity contribution in [1.82, 2.24) is 0 Å². The summed E-state index contributed by atoms with van der Waals surface area (Å²) in [7, 11) is 0. The number of nitrogens with one attached hydrogen (secondary N) is 1. The van der Waals surface area contributed by atoms with E-state index in [1.807, 2.05) is 18.2 Å². The molecule has 2 rings (SSSR count). The van der Waals surface area contributed by atoms with Crippen LogP contribution < -0.4 is 5.32 Å². The molecule has 13 heavy (non-hydrogen) atoms. The number of hydrogen-bond donors (Lipinski definition) is 2. The van der Waals surface area contributed by atoms with Gasteiger partial charge in [-0.15, -0.1) is 4.33 Å². The van der Waals surface area contributed by atoms with E-state index in [2.05, 4.69) is 14.7 Å². The Morgan fingerprint density at radius 1 is 1.46 bits per heavy atom. The van der Waals surface area contributed by atoms with E-state index < -0.39 is 0 Å². The highest BCUT2D eigenvalue weighted by atomic mass is 32.2. The topological polar surface area (TPSA) is 50.7 Å². The summed E-state index contributed by atoms with van der Waals surface area (Å²) in [6.07, 6.45) is 1.07. The second-order valence-corrected chi connectivity index (χ2v) is 3.50. The van der Waals surface area contributed by atoms with Gasteiger partial charge in [0.1, 0.15) is 0 Å². The summed E-state index contributed by atoms with van der Waals surface area (Å²) in [5.41, 5.74) is 2.45. The molecule has 1 aromatic carbocycles. The molecule has 1 aliphatic rings. The van der Waals surface area contributed by atoms with Crippen LogP contribution in [0.2, 0.25) is 0 Å². The monoisotopic (exact) mass is 199 g/mol. The van der Waals surface area contributed by atoms with E-state index in [1.54, 1.807) is 0 Å². The van der Waals surface area contributed by atoms with Crippen LogP contribution in [-0.4, -0.2) is 11.8 Å². The van der Waals surface area contributed by atoms with Crippen molar-refractivity contribution in [3.63, 3.8) is 0 Å². The van der Waals surface area contributed by atoms with Gasteiger partial charge in [-0.25, -0.2) is 5.26 Å². The molecular formula is C8H9NO3S. The van der Waals surface area contributed by atoms with Gasteiger partial charge in [-0.05, 0) is 24.1 Å². The quantitative estimate of drug-likeness (QED) is 0.443. The Morgan fingerprint density at radius 2 is 2.38 bits per heavy atom. The van der Waals surface area contributed by atoms with Gasteiger partial charge in [0.25, 0.3) is 0 Å². The van der Waals surface area contributed by atoms with Gasteiger partial charge < -0.3 is 5.32 Å². The predicted molar refractivity (Wildman–Crippen MR) is 49.3 cm³/mol. The summed E-state index contributed by atoms with van der Waals surface area (Å²) in [5.74, 6) is 0. The Morgan fingerprint density at radius 3 is 3.23 bits per heavy atom. The van der Waals surface area contributed by atoms with E-state index in [-0.39, 0.29) is 0 Å². The SMILES string of the molecule is OOOSc1ccc2c(c1)NCC2. The Hall–Kier alpha value is -0.750. The first-order valence-electron chi connectivity index (χ1n) is 3.92. The van der Waals surface area contributed by atoms with Crippen molar-refractivity contribution in [3.05, 3.63) is 23.8 Å². The van der Waals surface area contributed by atoms with E-state index in [9.17, 15) is 0 Å². The molecule has 0 spiro atoms. The molecule has 1 heterocycles. The average molecular weight is 199 g/mol. The molecule has 0 aliphatic carbocycles. The van der Waals surface area contributed by atoms with Gasteiger partial charge in [-0.2, -0.15) is 0 Å².